The van der Waals surface area contributed by atoms with Gasteiger partial charge in [0.1, 0.15) is 11.4 Å². The Bertz CT molecular complexity index is 3710. The Balaban J connectivity index is 0.000000176. The van der Waals surface area contributed by atoms with Crippen LogP contribution in [-0.2, 0) is 32.4 Å². The van der Waals surface area contributed by atoms with Crippen molar-refractivity contribution in [1.82, 2.24) is 30.2 Å². The molecule has 98 heavy (non-hydrogen) atoms. The van der Waals surface area contributed by atoms with Crippen molar-refractivity contribution in [1.29, 1.82) is 0 Å². The number of hydrogen-bond donors (Lipinski definition) is 4. The first-order valence-electron chi connectivity index (χ1n) is 34.8. The Morgan fingerprint density at radius 2 is 0.878 bits per heavy atom. The summed E-state index contributed by atoms with van der Waals surface area (Å²) >= 11 is 18.4. The number of benzene rings is 6. The summed E-state index contributed by atoms with van der Waals surface area (Å²) in [6, 6.07) is 55.0. The van der Waals surface area contributed by atoms with Crippen molar-refractivity contribution in [3.05, 3.63) is 257 Å². The van der Waals surface area contributed by atoms with Gasteiger partial charge >= 0.3 is 5.97 Å². The number of amides is 2. The summed E-state index contributed by atoms with van der Waals surface area (Å²) in [5.41, 5.74) is 14.7. The highest BCUT2D eigenvalue weighted by molar-refractivity contribution is 6.44. The highest BCUT2D eigenvalue weighted by atomic mass is 35.5. The number of allylic oxidation sites excluding steroid dienone is 1. The molecule has 8 aromatic rings. The second-order valence-electron chi connectivity index (χ2n) is 27.7. The van der Waals surface area contributed by atoms with Crippen molar-refractivity contribution in [3.63, 3.8) is 0 Å². The Kier molecular flexibility index (Phi) is 28.8. The summed E-state index contributed by atoms with van der Waals surface area (Å²) in [7, 11) is 3.54. The van der Waals surface area contributed by atoms with Crippen LogP contribution in [0.15, 0.2) is 179 Å². The van der Waals surface area contributed by atoms with E-state index in [-0.39, 0.29) is 26.3 Å². The van der Waals surface area contributed by atoms with Crippen LogP contribution in [0.1, 0.15) is 203 Å². The molecule has 16 heteroatoms. The molecule has 4 aliphatic rings. The van der Waals surface area contributed by atoms with Gasteiger partial charge in [0.25, 0.3) is 11.8 Å². The molecule has 12 nitrogen and oxygen atoms in total. The van der Waals surface area contributed by atoms with E-state index < -0.39 is 5.97 Å². The summed E-state index contributed by atoms with van der Waals surface area (Å²) in [5.74, 6) is 4.15. The maximum atomic E-state index is 12.8. The topological polar surface area (TPSA) is 168 Å². The van der Waals surface area contributed by atoms with Gasteiger partial charge in [-0.3, -0.25) is 24.8 Å². The number of hydrogen-bond acceptors (Lipinski definition) is 7. The van der Waals surface area contributed by atoms with Crippen LogP contribution < -0.4 is 0 Å². The second kappa shape index (κ2) is 37.0. The number of H-pyrrole nitrogens is 2. The number of rotatable bonds is 21. The van der Waals surface area contributed by atoms with Crippen LogP contribution in [0.25, 0.3) is 0 Å². The standard InChI is InChI=1S/C27H32ClN3O.C26H30ClN3O2.C21H24O2.C8H12ClN.B/c1-18(22-7-5-4-6-8-22)24-14-11-21(16-24)15-20-9-12-23(13-10-20)27(32)31(3)17-25-26(28)19(2)29-30-25;1-17-24(27)23(29-28-17)16-30(2)26(32)21-11-8-18(9-12-21)14-19-10-13-22(15-19)25(31)20-6-4-3-5-7-20;1-15(18-5-3-2-4-6-18)20-12-9-17(14-20)13-16-7-10-19(11-8-16)21(22)23;1-3-4-7-8(9)6(2)5-10-7;/h4-10,12-13,18,21,24H,11,14-17H2,1-3H3,(H,29,30);3-9,11-12,19,22,25,31H,10,13-16H2,1-2H3,(H,28,29);2-8,10-11,15,17,20H,9,12-14H2,1H3,(H,22,23);3-5H2,1-2H3;/t18-,21?,24+;19?,22-,25+;15-,17?,20+;;/m101../s1. The van der Waals surface area contributed by atoms with Crippen molar-refractivity contribution in [2.75, 3.05) is 20.6 Å². The van der Waals surface area contributed by atoms with Crippen molar-refractivity contribution in [3.8, 4) is 0 Å². The zero-order valence-electron chi connectivity index (χ0n) is 58.4. The first kappa shape index (κ1) is 76.2. The monoisotopic (exact) mass is 1380 g/mol. The van der Waals surface area contributed by atoms with Crippen LogP contribution >= 0.6 is 34.8 Å². The quantitative estimate of drug-likeness (QED) is 0.0519. The average molecular weight is 1380 g/mol. The SMILES string of the molecule is CCCC1=NCC(C)=C1Cl.C[C@H](c1ccccc1)[C@H]1CCC(Cc2ccc(C(=O)O)cc2)C1.Cc1[nH]nc(CN(C)C(=O)c2ccc(CC3CC[C@H]([C@H](C)c4ccccc4)C3)cc2)c1Cl.Cc1[nH]nc(CN(C)C(=O)c2ccc(CC3CC[C@H]([C@H](O)c4ccccc4)C3)cc2)c1Cl.[B]. The molecule has 12 rings (SSSR count). The van der Waals surface area contributed by atoms with E-state index in [1.54, 1.807) is 36.0 Å². The number of aliphatic imine (C=N–C) groups is 1. The number of aromatic carboxylic acids is 1. The van der Waals surface area contributed by atoms with Crippen molar-refractivity contribution in [2.24, 2.45) is 40.5 Å². The van der Waals surface area contributed by atoms with Gasteiger partial charge in [-0.25, -0.2) is 4.79 Å². The first-order valence-corrected chi connectivity index (χ1v) is 36.0. The van der Waals surface area contributed by atoms with Gasteiger partial charge in [-0.15, -0.1) is 0 Å². The van der Waals surface area contributed by atoms with Gasteiger partial charge in [0, 0.05) is 33.6 Å². The van der Waals surface area contributed by atoms with E-state index in [0.29, 0.717) is 74.9 Å². The largest absolute Gasteiger partial charge is 0.478 e. The van der Waals surface area contributed by atoms with Gasteiger partial charge < -0.3 is 20.0 Å². The molecular formula is C82H98BCl3N7O5. The highest BCUT2D eigenvalue weighted by Gasteiger charge is 2.33. The van der Waals surface area contributed by atoms with Gasteiger partial charge in [-0.05, 0) is 227 Å². The third kappa shape index (κ3) is 21.0. The van der Waals surface area contributed by atoms with Crippen LogP contribution in [0.4, 0.5) is 0 Å². The number of nitrogens with zero attached hydrogens (tertiary/aromatic N) is 5. The Morgan fingerprint density at radius 1 is 0.520 bits per heavy atom. The number of aryl methyl sites for hydroxylation is 2. The zero-order chi connectivity index (χ0) is 69.1. The number of aromatic amines is 2. The molecule has 4 N–H and O–H groups in total. The van der Waals surface area contributed by atoms with Gasteiger partial charge in [0.2, 0.25) is 0 Å². The Morgan fingerprint density at radius 3 is 1.21 bits per heavy atom. The van der Waals surface area contributed by atoms with Crippen LogP contribution in [0.2, 0.25) is 10.0 Å². The molecule has 3 heterocycles. The number of aliphatic hydroxyl groups is 1. The van der Waals surface area contributed by atoms with Crippen molar-refractivity contribution >= 4 is 66.7 Å². The van der Waals surface area contributed by atoms with E-state index in [1.807, 2.05) is 99.6 Å². The maximum absolute atomic E-state index is 12.8. The number of carbonyl (C=O) groups excluding carboxylic acids is 2. The molecule has 0 spiro atoms. The molecule has 0 bridgehead atoms. The minimum atomic E-state index is -0.853. The van der Waals surface area contributed by atoms with Gasteiger partial charge in [0.15, 0.2) is 0 Å². The summed E-state index contributed by atoms with van der Waals surface area (Å²) in [4.78, 5) is 44.1. The smallest absolute Gasteiger partial charge is 0.335 e. The molecule has 2 aromatic heterocycles. The predicted octanol–water partition coefficient (Wildman–Crippen LogP) is 19.3. The maximum Gasteiger partial charge on any atom is 0.335 e. The number of carboxylic acid groups (broad SMARTS) is 1. The summed E-state index contributed by atoms with van der Waals surface area (Å²) in [6.07, 6.45) is 15.8. The Labute approximate surface area is 598 Å². The number of halogens is 3. The van der Waals surface area contributed by atoms with Crippen molar-refractivity contribution in [2.45, 2.75) is 162 Å². The van der Waals surface area contributed by atoms with E-state index in [1.165, 1.54) is 71.9 Å². The Hall–Kier alpha value is -7.55. The lowest BCUT2D eigenvalue weighted by Crippen LogP contribution is -2.26. The van der Waals surface area contributed by atoms with E-state index in [9.17, 15) is 19.5 Å². The molecular weight excluding hydrogens is 1280 g/mol. The van der Waals surface area contributed by atoms with Crippen LogP contribution in [-0.4, -0.2) is 93.0 Å². The van der Waals surface area contributed by atoms with Crippen LogP contribution in [0.3, 0.4) is 0 Å². The molecule has 2 amide bonds. The van der Waals surface area contributed by atoms with Gasteiger partial charge in [-0.2, -0.15) is 10.2 Å². The van der Waals surface area contributed by atoms with Crippen LogP contribution in [0, 0.1) is 49.4 Å². The lowest BCUT2D eigenvalue weighted by molar-refractivity contribution is 0.0695. The zero-order valence-corrected chi connectivity index (χ0v) is 60.6. The number of aliphatic hydroxyl groups excluding tert-OH is 1. The molecule has 3 unspecified atom stereocenters. The lowest BCUT2D eigenvalue weighted by atomic mass is 9.85. The normalized spacial score (nSPS) is 19.5. The third-order valence-corrected chi connectivity index (χ3v) is 22.1. The van der Waals surface area contributed by atoms with Crippen LogP contribution in [0.5, 0.6) is 0 Å². The minimum Gasteiger partial charge on any atom is -0.478 e. The van der Waals surface area contributed by atoms with E-state index in [2.05, 4.69) is 119 Å². The highest BCUT2D eigenvalue weighted by Crippen LogP contribution is 2.44. The van der Waals surface area contributed by atoms with E-state index in [0.717, 1.165) is 109 Å². The number of aromatic nitrogens is 4. The molecule has 3 radical (unpaired) electrons. The van der Waals surface area contributed by atoms with Gasteiger partial charge in [-0.1, -0.05) is 189 Å². The fourth-order valence-electron chi connectivity index (χ4n) is 14.6. The molecule has 515 valence electrons. The third-order valence-electron chi connectivity index (χ3n) is 20.5. The number of carbonyl (C=O) groups is 3. The molecule has 1 aliphatic heterocycles. The molecule has 3 saturated carbocycles. The molecule has 3 fully saturated rings. The first-order chi connectivity index (χ1) is 46.7. The number of carboxylic acids is 1. The van der Waals surface area contributed by atoms with Gasteiger partial charge in [0.05, 0.1) is 63.5 Å². The minimum absolute atomic E-state index is 0. The average Bonchev–Trinajstić information content (AvgIpc) is 1.85. The fourth-order valence-corrected chi connectivity index (χ4v) is 15.1. The van der Waals surface area contributed by atoms with E-state index in [4.69, 9.17) is 39.9 Å². The molecule has 6 aromatic carbocycles. The van der Waals surface area contributed by atoms with E-state index >= 15 is 0 Å². The molecule has 3 aliphatic carbocycles. The summed E-state index contributed by atoms with van der Waals surface area (Å²) in [5, 5.41) is 35.8. The van der Waals surface area contributed by atoms with Crippen molar-refractivity contribution < 1.29 is 24.6 Å². The lowest BCUT2D eigenvalue weighted by Gasteiger charge is -2.20. The predicted molar refractivity (Wildman–Crippen MR) is 401 cm³/mol. The fraction of sp³-hybridized carbons (Fsp3) is 0.415. The second-order valence-corrected chi connectivity index (χ2v) is 28.9. The molecule has 9 atom stereocenters. The summed E-state index contributed by atoms with van der Waals surface area (Å²) < 4.78 is 0. The summed E-state index contributed by atoms with van der Waals surface area (Å²) in [6.45, 7) is 14.2. The number of nitrogens with one attached hydrogen (secondary N) is 2. The molecule has 0 saturated heterocycles.